The van der Waals surface area contributed by atoms with Gasteiger partial charge in [0.05, 0.1) is 19.8 Å². The fourth-order valence-corrected chi connectivity index (χ4v) is 4.74. The molecule has 0 unspecified atom stereocenters. The van der Waals surface area contributed by atoms with Crippen molar-refractivity contribution in [2.24, 2.45) is 0 Å². The number of aryl methyl sites for hydroxylation is 1. The molecule has 1 saturated carbocycles. The highest BCUT2D eigenvalue weighted by atomic mass is 32.1. The van der Waals surface area contributed by atoms with Crippen LogP contribution in [0.2, 0.25) is 0 Å². The molecule has 3 rings (SSSR count). The molecule has 1 aromatic heterocycles. The zero-order valence-electron chi connectivity index (χ0n) is 14.6. The van der Waals surface area contributed by atoms with Crippen LogP contribution in [0.15, 0.2) is 12.1 Å². The molecule has 24 heavy (non-hydrogen) atoms. The Labute approximate surface area is 148 Å². The van der Waals surface area contributed by atoms with Crippen LogP contribution < -0.4 is 10.6 Å². The van der Waals surface area contributed by atoms with Crippen LogP contribution in [-0.4, -0.2) is 49.3 Å². The van der Waals surface area contributed by atoms with E-state index in [1.54, 1.807) is 11.3 Å². The first-order chi connectivity index (χ1) is 11.7. The number of nitrogens with one attached hydrogen (secondary N) is 2. The normalized spacial score (nSPS) is 21.4. The van der Waals surface area contributed by atoms with E-state index >= 15 is 0 Å². The predicted molar refractivity (Wildman–Crippen MR) is 97.5 cm³/mol. The van der Waals surface area contributed by atoms with Gasteiger partial charge >= 0.3 is 6.03 Å². The van der Waals surface area contributed by atoms with E-state index in [1.165, 1.54) is 41.9 Å². The van der Waals surface area contributed by atoms with E-state index in [2.05, 4.69) is 34.6 Å². The van der Waals surface area contributed by atoms with Gasteiger partial charge in [0.15, 0.2) is 0 Å². The number of hydrogen-bond acceptors (Lipinski definition) is 4. The molecule has 0 radical (unpaired) electrons. The molecule has 134 valence electrons. The number of nitrogens with zero attached hydrogens (tertiary/aromatic N) is 1. The molecule has 1 aliphatic carbocycles. The molecule has 0 spiro atoms. The number of amides is 2. The SMILES string of the molecule is Cc1ccc(CNC(=O)NCC2(N3CCOCC3)CCCCC2)s1. The first-order valence-electron chi connectivity index (χ1n) is 9.08. The summed E-state index contributed by atoms with van der Waals surface area (Å²) in [6.45, 7) is 7.02. The van der Waals surface area contributed by atoms with Gasteiger partial charge in [0.2, 0.25) is 0 Å². The number of urea groups is 1. The Hall–Kier alpha value is -1.11. The molecule has 0 atom stereocenters. The summed E-state index contributed by atoms with van der Waals surface area (Å²) >= 11 is 1.73. The second kappa shape index (κ2) is 8.32. The van der Waals surface area contributed by atoms with Crippen molar-refractivity contribution in [1.82, 2.24) is 15.5 Å². The summed E-state index contributed by atoms with van der Waals surface area (Å²) in [5.41, 5.74) is 0.124. The standard InChI is InChI=1S/C18H29N3O2S/c1-15-5-6-16(24-15)13-19-17(22)20-14-18(7-3-2-4-8-18)21-9-11-23-12-10-21/h5-6H,2-4,7-14H2,1H3,(H2,19,20,22). The van der Waals surface area contributed by atoms with E-state index in [0.29, 0.717) is 6.54 Å². The zero-order chi connectivity index (χ0) is 16.8. The van der Waals surface area contributed by atoms with E-state index < -0.39 is 0 Å². The van der Waals surface area contributed by atoms with Crippen LogP contribution in [0.5, 0.6) is 0 Å². The maximum Gasteiger partial charge on any atom is 0.315 e. The highest BCUT2D eigenvalue weighted by Gasteiger charge is 2.38. The smallest absolute Gasteiger partial charge is 0.315 e. The van der Waals surface area contributed by atoms with Crippen molar-refractivity contribution in [2.45, 2.75) is 51.1 Å². The molecule has 2 amide bonds. The summed E-state index contributed by atoms with van der Waals surface area (Å²) in [5.74, 6) is 0. The number of hydrogen-bond donors (Lipinski definition) is 2. The quantitative estimate of drug-likeness (QED) is 0.858. The van der Waals surface area contributed by atoms with E-state index in [1.807, 2.05) is 0 Å². The van der Waals surface area contributed by atoms with Gasteiger partial charge in [-0.2, -0.15) is 0 Å². The largest absolute Gasteiger partial charge is 0.379 e. The van der Waals surface area contributed by atoms with Gasteiger partial charge in [0, 0.05) is 34.9 Å². The fourth-order valence-electron chi connectivity index (χ4n) is 3.91. The summed E-state index contributed by atoms with van der Waals surface area (Å²) in [7, 11) is 0. The van der Waals surface area contributed by atoms with Crippen LogP contribution in [0.25, 0.3) is 0 Å². The number of thiophene rings is 1. The highest BCUT2D eigenvalue weighted by molar-refractivity contribution is 7.11. The molecule has 1 aromatic rings. The Morgan fingerprint density at radius 3 is 2.62 bits per heavy atom. The Bertz CT molecular complexity index is 534. The number of carbonyl (C=O) groups is 1. The highest BCUT2D eigenvalue weighted by Crippen LogP contribution is 2.33. The molecule has 1 aliphatic heterocycles. The van der Waals surface area contributed by atoms with Gasteiger partial charge in [-0.05, 0) is 31.9 Å². The van der Waals surface area contributed by atoms with Gasteiger partial charge in [-0.1, -0.05) is 19.3 Å². The van der Waals surface area contributed by atoms with Gasteiger partial charge in [-0.3, -0.25) is 4.90 Å². The number of morpholine rings is 1. The van der Waals surface area contributed by atoms with E-state index in [4.69, 9.17) is 4.74 Å². The van der Waals surface area contributed by atoms with Crippen LogP contribution in [-0.2, 0) is 11.3 Å². The third-order valence-corrected chi connectivity index (χ3v) is 6.26. The zero-order valence-corrected chi connectivity index (χ0v) is 15.4. The molecule has 1 saturated heterocycles. The topological polar surface area (TPSA) is 53.6 Å². The molecule has 2 heterocycles. The van der Waals surface area contributed by atoms with Crippen molar-refractivity contribution in [3.63, 3.8) is 0 Å². The molecule has 5 nitrogen and oxygen atoms in total. The van der Waals surface area contributed by atoms with Crippen molar-refractivity contribution in [1.29, 1.82) is 0 Å². The average molecular weight is 352 g/mol. The molecular formula is C18H29N3O2S. The third kappa shape index (κ3) is 4.49. The van der Waals surface area contributed by atoms with Crippen molar-refractivity contribution >= 4 is 17.4 Å². The fraction of sp³-hybridized carbons (Fsp3) is 0.722. The summed E-state index contributed by atoms with van der Waals surface area (Å²) in [5, 5.41) is 6.13. The molecule has 2 fully saturated rings. The first kappa shape index (κ1) is 17.7. The Morgan fingerprint density at radius 1 is 1.21 bits per heavy atom. The molecule has 2 N–H and O–H groups in total. The number of ether oxygens (including phenoxy) is 1. The number of rotatable bonds is 5. The summed E-state index contributed by atoms with van der Waals surface area (Å²) in [4.78, 5) is 17.3. The van der Waals surface area contributed by atoms with E-state index in [9.17, 15) is 4.79 Å². The van der Waals surface area contributed by atoms with Crippen LogP contribution in [0.1, 0.15) is 41.9 Å². The summed E-state index contributed by atoms with van der Waals surface area (Å²) in [6.07, 6.45) is 6.19. The maximum atomic E-state index is 12.2. The second-order valence-electron chi connectivity index (χ2n) is 6.93. The Balaban J connectivity index is 1.51. The predicted octanol–water partition coefficient (Wildman–Crippen LogP) is 2.89. The molecule has 0 bridgehead atoms. The summed E-state index contributed by atoms with van der Waals surface area (Å²) < 4.78 is 5.51. The van der Waals surface area contributed by atoms with Gasteiger partial charge < -0.3 is 15.4 Å². The molecule has 2 aliphatic rings. The minimum atomic E-state index is -0.0562. The van der Waals surface area contributed by atoms with Gasteiger partial charge in [-0.25, -0.2) is 4.79 Å². The van der Waals surface area contributed by atoms with Crippen LogP contribution in [0, 0.1) is 6.92 Å². The Kier molecular flexibility index (Phi) is 6.14. The van der Waals surface area contributed by atoms with E-state index in [-0.39, 0.29) is 11.6 Å². The minimum Gasteiger partial charge on any atom is -0.379 e. The first-order valence-corrected chi connectivity index (χ1v) is 9.89. The lowest BCUT2D eigenvalue weighted by molar-refractivity contribution is -0.0357. The van der Waals surface area contributed by atoms with Crippen LogP contribution >= 0.6 is 11.3 Å². The van der Waals surface area contributed by atoms with Crippen molar-refractivity contribution in [2.75, 3.05) is 32.8 Å². The Morgan fingerprint density at radius 2 is 1.96 bits per heavy atom. The average Bonchev–Trinajstić information content (AvgIpc) is 3.05. The summed E-state index contributed by atoms with van der Waals surface area (Å²) in [6, 6.07) is 4.12. The van der Waals surface area contributed by atoms with Crippen molar-refractivity contribution in [3.8, 4) is 0 Å². The monoisotopic (exact) mass is 351 g/mol. The van der Waals surface area contributed by atoms with Crippen molar-refractivity contribution < 1.29 is 9.53 Å². The van der Waals surface area contributed by atoms with Gasteiger partial charge in [0.1, 0.15) is 0 Å². The minimum absolute atomic E-state index is 0.0562. The van der Waals surface area contributed by atoms with Crippen molar-refractivity contribution in [3.05, 3.63) is 21.9 Å². The molecule has 0 aromatic carbocycles. The van der Waals surface area contributed by atoms with Crippen LogP contribution in [0.3, 0.4) is 0 Å². The lowest BCUT2D eigenvalue weighted by Crippen LogP contribution is -2.60. The van der Waals surface area contributed by atoms with Crippen LogP contribution in [0.4, 0.5) is 4.79 Å². The third-order valence-electron chi connectivity index (χ3n) is 5.26. The maximum absolute atomic E-state index is 12.2. The lowest BCUT2D eigenvalue weighted by Gasteiger charge is -2.48. The lowest BCUT2D eigenvalue weighted by atomic mass is 9.80. The second-order valence-corrected chi connectivity index (χ2v) is 8.31. The number of carbonyl (C=O) groups excluding carboxylic acids is 1. The van der Waals surface area contributed by atoms with E-state index in [0.717, 1.165) is 32.8 Å². The molecular weight excluding hydrogens is 322 g/mol. The van der Waals surface area contributed by atoms with Gasteiger partial charge in [-0.15, -0.1) is 11.3 Å². The van der Waals surface area contributed by atoms with Gasteiger partial charge in [0.25, 0.3) is 0 Å². The molecule has 6 heteroatoms.